The van der Waals surface area contributed by atoms with Crippen LogP contribution in [0.1, 0.15) is 17.5 Å². The summed E-state index contributed by atoms with van der Waals surface area (Å²) < 4.78 is 65.3. The van der Waals surface area contributed by atoms with Crippen LogP contribution in [0.2, 0.25) is 0 Å². The van der Waals surface area contributed by atoms with Gasteiger partial charge < -0.3 is 0 Å². The number of hydrogen-bond acceptors (Lipinski definition) is 5. The van der Waals surface area contributed by atoms with Gasteiger partial charge >= 0.3 is 0 Å². The summed E-state index contributed by atoms with van der Waals surface area (Å²) in [6.07, 6.45) is 6.57. The largest absolute Gasteiger partial charge is 0.294 e. The van der Waals surface area contributed by atoms with Gasteiger partial charge in [-0.25, -0.2) is 0 Å². The van der Waals surface area contributed by atoms with E-state index in [4.69, 9.17) is 4.55 Å². The highest BCUT2D eigenvalue weighted by Crippen LogP contribution is 2.40. The Labute approximate surface area is 221 Å². The normalized spacial score (nSPS) is 17.7. The first-order valence-electron chi connectivity index (χ1n) is 11.6. The summed E-state index contributed by atoms with van der Waals surface area (Å²) in [5.74, 6) is 0. The fraction of sp³-hybridized carbons (Fsp3) is 0.0690. The number of allylic oxidation sites excluding steroid dienone is 3. The van der Waals surface area contributed by atoms with E-state index in [2.05, 4.69) is 4.98 Å². The van der Waals surface area contributed by atoms with Crippen LogP contribution in [0.3, 0.4) is 0 Å². The number of pyridine rings is 1. The van der Waals surface area contributed by atoms with E-state index < -0.39 is 25.0 Å². The second-order valence-electron chi connectivity index (χ2n) is 8.94. The number of nitrogens with zero attached hydrogens (tertiary/aromatic N) is 1. The fourth-order valence-electron chi connectivity index (χ4n) is 4.49. The molecule has 0 aliphatic heterocycles. The molecule has 1 unspecified atom stereocenters. The number of aromatic nitrogens is 1. The van der Waals surface area contributed by atoms with Gasteiger partial charge in [0.2, 0.25) is 0 Å². The van der Waals surface area contributed by atoms with Crippen LogP contribution in [-0.2, 0) is 25.0 Å². The Bertz CT molecular complexity index is 1740. The van der Waals surface area contributed by atoms with E-state index >= 15 is 0 Å². The van der Waals surface area contributed by atoms with Crippen molar-refractivity contribution in [2.24, 2.45) is 0 Å². The van der Waals surface area contributed by atoms with Gasteiger partial charge in [-0.2, -0.15) is 16.8 Å². The van der Waals surface area contributed by atoms with Crippen molar-refractivity contribution in [3.05, 3.63) is 127 Å². The number of hydrogen-bond donors (Lipinski definition) is 2. The van der Waals surface area contributed by atoms with E-state index in [-0.39, 0.29) is 11.3 Å². The lowest BCUT2D eigenvalue weighted by Gasteiger charge is -2.29. The van der Waals surface area contributed by atoms with Crippen molar-refractivity contribution in [2.45, 2.75) is 16.1 Å². The molecule has 0 amide bonds. The highest BCUT2D eigenvalue weighted by molar-refractivity contribution is 7.87. The van der Waals surface area contributed by atoms with Gasteiger partial charge in [0.05, 0.1) is 10.6 Å². The van der Waals surface area contributed by atoms with E-state index in [0.29, 0.717) is 11.3 Å². The molecule has 192 valence electrons. The van der Waals surface area contributed by atoms with E-state index in [1.165, 1.54) is 24.4 Å². The Morgan fingerprint density at radius 2 is 1.29 bits per heavy atom. The minimum absolute atomic E-state index is 0.0681. The van der Waals surface area contributed by atoms with Gasteiger partial charge in [0.15, 0.2) is 0 Å². The zero-order valence-corrected chi connectivity index (χ0v) is 21.6. The quantitative estimate of drug-likeness (QED) is 0.294. The number of benzene rings is 3. The molecule has 4 aromatic rings. The maximum atomic E-state index is 12.6. The molecule has 0 spiro atoms. The zero-order valence-electron chi connectivity index (χ0n) is 20.0. The molecule has 9 heteroatoms. The van der Waals surface area contributed by atoms with Gasteiger partial charge in [0.25, 0.3) is 20.2 Å². The van der Waals surface area contributed by atoms with E-state index in [1.807, 2.05) is 54.6 Å². The van der Waals surface area contributed by atoms with Crippen molar-refractivity contribution in [3.63, 3.8) is 0 Å². The summed E-state index contributed by atoms with van der Waals surface area (Å²) in [6, 6.07) is 26.2. The maximum absolute atomic E-state index is 12.6. The molecule has 1 atom stereocenters. The Kier molecular flexibility index (Phi) is 6.62. The molecule has 3 aromatic carbocycles. The van der Waals surface area contributed by atoms with Gasteiger partial charge in [0.1, 0.15) is 4.75 Å². The van der Waals surface area contributed by atoms with Crippen molar-refractivity contribution in [1.29, 1.82) is 0 Å². The van der Waals surface area contributed by atoms with Gasteiger partial charge in [-0.3, -0.25) is 14.1 Å². The minimum Gasteiger partial charge on any atom is -0.285 e. The van der Waals surface area contributed by atoms with Gasteiger partial charge in [0, 0.05) is 11.8 Å². The standard InChI is InChI=1S/C29H23NO6S2/c31-37(32,33)27-13-10-23(11-14-27)22-6-8-25(9-7-22)28-15-12-26(20-30-28)29(38(34,35)36)18-16-24(17-19-29)21-4-2-1-3-5-21/h1-18,20H,19H2,(H,31,32,33)(H,34,35,36). The molecule has 2 N–H and O–H groups in total. The molecule has 0 fully saturated rings. The predicted molar refractivity (Wildman–Crippen MR) is 146 cm³/mol. The molecule has 1 aromatic heterocycles. The van der Waals surface area contributed by atoms with Crippen LogP contribution in [0.5, 0.6) is 0 Å². The summed E-state index contributed by atoms with van der Waals surface area (Å²) >= 11 is 0. The Hall–Kier alpha value is -3.89. The third-order valence-corrected chi connectivity index (χ3v) is 8.97. The van der Waals surface area contributed by atoms with E-state index in [0.717, 1.165) is 27.8 Å². The average molecular weight is 546 g/mol. The maximum Gasteiger partial charge on any atom is 0.294 e. The molecule has 1 heterocycles. The molecule has 7 nitrogen and oxygen atoms in total. The van der Waals surface area contributed by atoms with Crippen molar-refractivity contribution < 1.29 is 25.9 Å². The van der Waals surface area contributed by atoms with E-state index in [1.54, 1.807) is 36.4 Å². The van der Waals surface area contributed by atoms with Crippen LogP contribution in [0.15, 0.2) is 120 Å². The molecule has 0 bridgehead atoms. The van der Waals surface area contributed by atoms with Crippen LogP contribution >= 0.6 is 0 Å². The fourth-order valence-corrected chi connectivity index (χ4v) is 5.92. The van der Waals surface area contributed by atoms with Crippen LogP contribution in [0.25, 0.3) is 28.0 Å². The Balaban J connectivity index is 1.39. The molecule has 1 aliphatic carbocycles. The van der Waals surface area contributed by atoms with Crippen molar-refractivity contribution in [2.75, 3.05) is 0 Å². The van der Waals surface area contributed by atoms with Crippen molar-refractivity contribution >= 4 is 25.8 Å². The summed E-state index contributed by atoms with van der Waals surface area (Å²) in [7, 11) is -8.75. The van der Waals surface area contributed by atoms with Crippen LogP contribution in [0, 0.1) is 0 Å². The highest BCUT2D eigenvalue weighted by Gasteiger charge is 2.43. The summed E-state index contributed by atoms with van der Waals surface area (Å²) in [4.78, 5) is 4.30. The summed E-state index contributed by atoms with van der Waals surface area (Å²) in [5.41, 5.74) is 5.22. The molecule has 0 saturated carbocycles. The Morgan fingerprint density at radius 3 is 1.79 bits per heavy atom. The molecule has 1 aliphatic rings. The summed E-state index contributed by atoms with van der Waals surface area (Å²) in [6.45, 7) is 0. The third-order valence-electron chi connectivity index (χ3n) is 6.64. The average Bonchev–Trinajstić information content (AvgIpc) is 2.93. The number of rotatable bonds is 6. The molecule has 5 rings (SSSR count). The zero-order chi connectivity index (χ0) is 27.0. The molecular weight excluding hydrogens is 522 g/mol. The van der Waals surface area contributed by atoms with Crippen molar-refractivity contribution in [3.8, 4) is 22.4 Å². The lowest BCUT2D eigenvalue weighted by molar-refractivity contribution is 0.448. The molecule has 0 saturated heterocycles. The SMILES string of the molecule is O=S(=O)(O)c1ccc(-c2ccc(-c3ccc(C4(S(=O)(=O)O)C=CC(c5ccccc5)=CC4)cn3)cc2)cc1. The first-order chi connectivity index (χ1) is 18.1. The van der Waals surface area contributed by atoms with Gasteiger partial charge in [-0.1, -0.05) is 91.0 Å². The second kappa shape index (κ2) is 9.77. The Morgan fingerprint density at radius 1 is 0.684 bits per heavy atom. The smallest absolute Gasteiger partial charge is 0.285 e. The third kappa shape index (κ3) is 4.97. The second-order valence-corrected chi connectivity index (χ2v) is 12.0. The molecular formula is C29H23NO6S2. The van der Waals surface area contributed by atoms with Crippen LogP contribution < -0.4 is 0 Å². The van der Waals surface area contributed by atoms with Crippen LogP contribution in [0.4, 0.5) is 0 Å². The first kappa shape index (κ1) is 25.7. The first-order valence-corrected chi connectivity index (χ1v) is 14.5. The molecule has 38 heavy (non-hydrogen) atoms. The lowest BCUT2D eigenvalue weighted by Crippen LogP contribution is -2.34. The monoisotopic (exact) mass is 545 g/mol. The van der Waals surface area contributed by atoms with E-state index in [9.17, 15) is 21.4 Å². The minimum atomic E-state index is -4.50. The van der Waals surface area contributed by atoms with Gasteiger partial charge in [-0.05, 0) is 52.4 Å². The topological polar surface area (TPSA) is 122 Å². The van der Waals surface area contributed by atoms with Crippen molar-refractivity contribution in [1.82, 2.24) is 4.98 Å². The predicted octanol–water partition coefficient (Wildman–Crippen LogP) is 5.79. The highest BCUT2D eigenvalue weighted by atomic mass is 32.2. The van der Waals surface area contributed by atoms with Gasteiger partial charge in [-0.15, -0.1) is 0 Å². The lowest BCUT2D eigenvalue weighted by atomic mass is 9.88. The molecule has 0 radical (unpaired) electrons. The van der Waals surface area contributed by atoms with Crippen LogP contribution in [-0.4, -0.2) is 30.9 Å². The summed E-state index contributed by atoms with van der Waals surface area (Å²) in [5, 5.41) is 0.